The first kappa shape index (κ1) is 38.3. The minimum Gasteiger partial charge on any atom is -0.495 e. The molecule has 52 heavy (non-hydrogen) atoms. The Morgan fingerprint density at radius 2 is 1.56 bits per heavy atom. The zero-order valence-corrected chi connectivity index (χ0v) is 31.9. The highest BCUT2D eigenvalue weighted by Crippen LogP contribution is 2.29. The Morgan fingerprint density at radius 3 is 2.21 bits per heavy atom. The molecule has 0 aliphatic carbocycles. The largest absolute Gasteiger partial charge is 0.495 e. The number of carbonyl (C=O) groups is 3. The molecule has 4 aromatic carbocycles. The van der Waals surface area contributed by atoms with E-state index < -0.39 is 34.1 Å². The molecule has 1 saturated heterocycles. The summed E-state index contributed by atoms with van der Waals surface area (Å²) in [7, 11) is -1.14. The Hall–Kier alpha value is -4.92. The number of halogens is 1. The van der Waals surface area contributed by atoms with Crippen LogP contribution >= 0.6 is 15.9 Å². The molecule has 3 amide bonds. The van der Waals surface area contributed by atoms with Crippen LogP contribution in [0, 0.1) is 20.8 Å². The van der Waals surface area contributed by atoms with Crippen LogP contribution in [0.5, 0.6) is 11.5 Å². The maximum absolute atomic E-state index is 13.9. The summed E-state index contributed by atoms with van der Waals surface area (Å²) in [6, 6.07) is 20.9. The van der Waals surface area contributed by atoms with Crippen molar-refractivity contribution in [2.75, 3.05) is 38.0 Å². The molecule has 5 rings (SSSR count). The predicted octanol–water partition coefficient (Wildman–Crippen LogP) is 6.38. The van der Waals surface area contributed by atoms with Gasteiger partial charge in [0.05, 0.1) is 48.5 Å². The van der Waals surface area contributed by atoms with E-state index in [2.05, 4.69) is 31.3 Å². The van der Waals surface area contributed by atoms with Gasteiger partial charge in [0.15, 0.2) is 0 Å². The van der Waals surface area contributed by atoms with Crippen molar-refractivity contribution in [2.45, 2.75) is 50.6 Å². The number of nitrogens with zero attached hydrogens (tertiary/aromatic N) is 1. The Kier molecular flexibility index (Phi) is 12.2. The van der Waals surface area contributed by atoms with Crippen LogP contribution in [0.25, 0.3) is 0 Å². The van der Waals surface area contributed by atoms with Gasteiger partial charge >= 0.3 is 12.0 Å². The molecule has 2 atom stereocenters. The van der Waals surface area contributed by atoms with E-state index in [9.17, 15) is 22.8 Å². The van der Waals surface area contributed by atoms with Gasteiger partial charge in [-0.2, -0.15) is 0 Å². The lowest BCUT2D eigenvalue weighted by Crippen LogP contribution is -2.41. The number of amides is 3. The SMILES string of the molecule is COC(=O)c1ccc(OC[C@@H]2CC(NS(=O)(=O)c3c(C)cc(C)cc3C)CN2C(=O)Cc2ccc(NC(=O)Nc3ccccc3Br)c(OC)c2)cc1. The first-order valence-corrected chi connectivity index (χ1v) is 18.8. The number of benzene rings is 4. The molecule has 0 spiro atoms. The molecule has 1 heterocycles. The summed E-state index contributed by atoms with van der Waals surface area (Å²) < 4.78 is 47.3. The standard InChI is InChI=1S/C38H41BrN4O8S/c1-23-16-24(2)36(25(3)17-23)52(47,48)42-28-20-29(22-51-30-13-11-27(12-14-30)37(45)50-5)43(21-28)35(44)19-26-10-15-33(34(18-26)49-4)41-38(46)40-32-9-7-6-8-31(32)39/h6-18,28-29,42H,19-22H2,1-5H3,(H2,40,41,46)/t28?,29-/m0/s1. The Bertz CT molecular complexity index is 2050. The summed E-state index contributed by atoms with van der Waals surface area (Å²) >= 11 is 3.41. The zero-order valence-electron chi connectivity index (χ0n) is 29.5. The first-order valence-electron chi connectivity index (χ1n) is 16.5. The fourth-order valence-electron chi connectivity index (χ4n) is 6.40. The highest BCUT2D eigenvalue weighted by atomic mass is 79.9. The molecule has 0 bridgehead atoms. The van der Waals surface area contributed by atoms with E-state index in [1.807, 2.05) is 31.2 Å². The van der Waals surface area contributed by atoms with E-state index in [0.29, 0.717) is 51.5 Å². The summed E-state index contributed by atoms with van der Waals surface area (Å²) in [5.41, 5.74) is 4.25. The summed E-state index contributed by atoms with van der Waals surface area (Å²) in [6.45, 7) is 5.67. The van der Waals surface area contributed by atoms with E-state index in [-0.39, 0.29) is 30.4 Å². The summed E-state index contributed by atoms with van der Waals surface area (Å²) in [5, 5.41) is 5.56. The van der Waals surface area contributed by atoms with Gasteiger partial charge in [-0.15, -0.1) is 0 Å². The molecule has 0 aromatic heterocycles. The number of hydrogen-bond acceptors (Lipinski definition) is 8. The molecule has 1 aliphatic heterocycles. The molecule has 14 heteroatoms. The second-order valence-electron chi connectivity index (χ2n) is 12.6. The maximum atomic E-state index is 13.9. The molecule has 1 fully saturated rings. The average molecular weight is 794 g/mol. The number of para-hydroxylation sites is 1. The highest BCUT2D eigenvalue weighted by molar-refractivity contribution is 9.10. The van der Waals surface area contributed by atoms with Gasteiger partial charge in [0.25, 0.3) is 0 Å². The third-order valence-electron chi connectivity index (χ3n) is 8.64. The molecule has 0 radical (unpaired) electrons. The van der Waals surface area contributed by atoms with Crippen LogP contribution in [0.1, 0.15) is 39.0 Å². The molecular formula is C38H41BrN4O8S. The number of likely N-dealkylation sites (tertiary alicyclic amines) is 1. The molecule has 3 N–H and O–H groups in total. The number of aryl methyl sites for hydroxylation is 3. The van der Waals surface area contributed by atoms with E-state index in [1.165, 1.54) is 14.2 Å². The molecular weight excluding hydrogens is 752 g/mol. The second-order valence-corrected chi connectivity index (χ2v) is 15.1. The number of urea groups is 1. The number of esters is 1. The first-order chi connectivity index (χ1) is 24.8. The molecule has 1 aliphatic rings. The minimum atomic E-state index is -3.91. The zero-order chi connectivity index (χ0) is 37.6. The van der Waals surface area contributed by atoms with Crippen LogP contribution in [-0.2, 0) is 26.0 Å². The summed E-state index contributed by atoms with van der Waals surface area (Å²) in [4.78, 5) is 40.4. The smallest absolute Gasteiger partial charge is 0.337 e. The minimum absolute atomic E-state index is 0.0141. The summed E-state index contributed by atoms with van der Waals surface area (Å²) in [6.07, 6.45) is 0.299. The Balaban J connectivity index is 1.32. The normalized spacial score (nSPS) is 15.5. The number of hydrogen-bond donors (Lipinski definition) is 3. The third kappa shape index (κ3) is 9.29. The topological polar surface area (TPSA) is 152 Å². The van der Waals surface area contributed by atoms with Gasteiger partial charge in [-0.25, -0.2) is 22.7 Å². The molecule has 0 saturated carbocycles. The van der Waals surface area contributed by atoms with E-state index in [0.717, 1.165) is 10.0 Å². The third-order valence-corrected chi connectivity index (χ3v) is 11.2. The number of nitrogens with one attached hydrogen (secondary N) is 3. The molecule has 12 nitrogen and oxygen atoms in total. The highest BCUT2D eigenvalue weighted by Gasteiger charge is 2.38. The fourth-order valence-corrected chi connectivity index (χ4v) is 8.47. The van der Waals surface area contributed by atoms with Crippen LogP contribution in [0.2, 0.25) is 0 Å². The van der Waals surface area contributed by atoms with E-state index in [4.69, 9.17) is 14.2 Å². The number of rotatable bonds is 12. The number of anilines is 2. The van der Waals surface area contributed by atoms with Gasteiger partial charge in [0.2, 0.25) is 15.9 Å². The van der Waals surface area contributed by atoms with Crippen molar-refractivity contribution in [3.8, 4) is 11.5 Å². The monoisotopic (exact) mass is 792 g/mol. The number of ether oxygens (including phenoxy) is 3. The van der Waals surface area contributed by atoms with Crippen molar-refractivity contribution in [1.82, 2.24) is 9.62 Å². The molecule has 4 aromatic rings. The van der Waals surface area contributed by atoms with Gasteiger partial charge in [-0.05, 0) is 108 Å². The van der Waals surface area contributed by atoms with Crippen LogP contribution in [0.3, 0.4) is 0 Å². The van der Waals surface area contributed by atoms with E-state index in [1.54, 1.807) is 73.3 Å². The van der Waals surface area contributed by atoms with Crippen molar-refractivity contribution in [3.63, 3.8) is 0 Å². The number of methoxy groups -OCH3 is 2. The van der Waals surface area contributed by atoms with Crippen molar-refractivity contribution in [3.05, 3.63) is 111 Å². The van der Waals surface area contributed by atoms with Gasteiger partial charge < -0.3 is 29.7 Å². The number of sulfonamides is 1. The van der Waals surface area contributed by atoms with Crippen molar-refractivity contribution >= 4 is 55.2 Å². The van der Waals surface area contributed by atoms with Crippen molar-refractivity contribution in [2.24, 2.45) is 0 Å². The van der Waals surface area contributed by atoms with Crippen LogP contribution in [0.15, 0.2) is 88.2 Å². The Labute approximate surface area is 312 Å². The van der Waals surface area contributed by atoms with E-state index >= 15 is 0 Å². The Morgan fingerprint density at radius 1 is 0.885 bits per heavy atom. The molecule has 1 unspecified atom stereocenters. The fraction of sp³-hybridized carbons (Fsp3) is 0.289. The van der Waals surface area contributed by atoms with Crippen molar-refractivity contribution < 1.29 is 37.0 Å². The van der Waals surface area contributed by atoms with Gasteiger partial charge in [-0.1, -0.05) is 35.9 Å². The summed E-state index contributed by atoms with van der Waals surface area (Å²) in [5.74, 6) is 0.121. The van der Waals surface area contributed by atoms with Gasteiger partial charge in [-0.3, -0.25) is 4.79 Å². The number of carbonyl (C=O) groups excluding carboxylic acids is 3. The average Bonchev–Trinajstić information content (AvgIpc) is 3.50. The lowest BCUT2D eigenvalue weighted by molar-refractivity contribution is -0.131. The van der Waals surface area contributed by atoms with Gasteiger partial charge in [0, 0.05) is 17.1 Å². The van der Waals surface area contributed by atoms with Crippen LogP contribution < -0.4 is 24.8 Å². The van der Waals surface area contributed by atoms with Crippen LogP contribution in [0.4, 0.5) is 16.2 Å². The second kappa shape index (κ2) is 16.6. The quantitative estimate of drug-likeness (QED) is 0.140. The maximum Gasteiger partial charge on any atom is 0.337 e. The van der Waals surface area contributed by atoms with Crippen molar-refractivity contribution in [1.29, 1.82) is 0 Å². The molecule has 274 valence electrons. The lowest BCUT2D eigenvalue weighted by Gasteiger charge is -2.25. The predicted molar refractivity (Wildman–Crippen MR) is 202 cm³/mol. The van der Waals surface area contributed by atoms with Crippen LogP contribution in [-0.4, -0.2) is 70.7 Å². The van der Waals surface area contributed by atoms with Gasteiger partial charge in [0.1, 0.15) is 18.1 Å². The lowest BCUT2D eigenvalue weighted by atomic mass is 10.1.